The van der Waals surface area contributed by atoms with Gasteiger partial charge in [0, 0.05) is 32.0 Å². The topological polar surface area (TPSA) is 67.7 Å². The van der Waals surface area contributed by atoms with Crippen molar-refractivity contribution in [1.82, 2.24) is 14.7 Å². The van der Waals surface area contributed by atoms with Gasteiger partial charge in [-0.05, 0) is 37.5 Å². The summed E-state index contributed by atoms with van der Waals surface area (Å²) in [6.45, 7) is 1.76. The lowest BCUT2D eigenvalue weighted by Gasteiger charge is -2.42. The van der Waals surface area contributed by atoms with Gasteiger partial charge in [0.2, 0.25) is 0 Å². The van der Waals surface area contributed by atoms with E-state index in [1.165, 1.54) is 0 Å². The number of para-hydroxylation sites is 1. The first-order chi connectivity index (χ1) is 13.1. The van der Waals surface area contributed by atoms with Crippen molar-refractivity contribution in [3.8, 4) is 0 Å². The quantitative estimate of drug-likeness (QED) is 0.811. The van der Waals surface area contributed by atoms with Crippen LogP contribution in [0.5, 0.6) is 0 Å². The molecule has 7 heteroatoms. The van der Waals surface area contributed by atoms with Crippen molar-refractivity contribution in [3.63, 3.8) is 0 Å². The van der Waals surface area contributed by atoms with E-state index in [1.54, 1.807) is 28.9 Å². The molecule has 27 heavy (non-hydrogen) atoms. The van der Waals surface area contributed by atoms with E-state index in [0.717, 1.165) is 18.5 Å². The first-order valence-electron chi connectivity index (χ1n) is 9.39. The van der Waals surface area contributed by atoms with Crippen LogP contribution in [0.15, 0.2) is 42.6 Å². The molecule has 2 amide bonds. The Labute approximate surface area is 158 Å². The molecule has 2 saturated heterocycles. The maximum atomic E-state index is 13.5. The largest absolute Gasteiger partial charge is 0.361 e. The number of nitrogens with zero attached hydrogens (tertiary/aromatic N) is 4. The Kier molecular flexibility index (Phi) is 4.70. The van der Waals surface area contributed by atoms with Gasteiger partial charge in [-0.15, -0.1) is 0 Å². The molecule has 0 saturated carbocycles. The van der Waals surface area contributed by atoms with Crippen molar-refractivity contribution in [2.24, 2.45) is 7.05 Å². The van der Waals surface area contributed by atoms with Crippen molar-refractivity contribution in [3.05, 3.63) is 48.3 Å². The van der Waals surface area contributed by atoms with Gasteiger partial charge in [-0.3, -0.25) is 14.3 Å². The van der Waals surface area contributed by atoms with E-state index in [4.69, 9.17) is 4.74 Å². The van der Waals surface area contributed by atoms with Crippen molar-refractivity contribution in [1.29, 1.82) is 0 Å². The molecular formula is C20H24N4O3. The predicted octanol–water partition coefficient (Wildman–Crippen LogP) is 1.85. The zero-order valence-electron chi connectivity index (χ0n) is 15.5. The average Bonchev–Trinajstić information content (AvgIpc) is 3.07. The number of carbonyl (C=O) groups excluding carboxylic acids is 2. The van der Waals surface area contributed by atoms with Gasteiger partial charge in [-0.2, -0.15) is 5.10 Å². The fraction of sp³-hybridized carbons (Fsp3) is 0.450. The number of aryl methyl sites for hydroxylation is 1. The van der Waals surface area contributed by atoms with Crippen molar-refractivity contribution in [2.45, 2.75) is 24.9 Å². The summed E-state index contributed by atoms with van der Waals surface area (Å²) in [5.74, 6) is -0.202. The van der Waals surface area contributed by atoms with Crippen LogP contribution in [-0.4, -0.2) is 58.3 Å². The number of hydrogen-bond acceptors (Lipinski definition) is 4. The highest BCUT2D eigenvalue weighted by Gasteiger charge is 2.48. The maximum Gasteiger partial charge on any atom is 0.274 e. The zero-order chi connectivity index (χ0) is 18.9. The number of morpholine rings is 1. The van der Waals surface area contributed by atoms with E-state index in [1.807, 2.05) is 35.2 Å². The summed E-state index contributed by atoms with van der Waals surface area (Å²) >= 11 is 0. The number of anilines is 1. The van der Waals surface area contributed by atoms with Gasteiger partial charge in [0.15, 0.2) is 5.60 Å². The highest BCUT2D eigenvalue weighted by atomic mass is 16.5. The summed E-state index contributed by atoms with van der Waals surface area (Å²) in [5.41, 5.74) is 0.297. The standard InChI is InChI=1S/C20H24N4O3/c1-22-12-9-17(21-22)18(25)23-13-14-27-20(15-23)10-5-6-11-24(19(20)26)16-7-3-2-4-8-16/h2-4,7-9,12H,5-6,10-11,13-15H2,1H3. The summed E-state index contributed by atoms with van der Waals surface area (Å²) in [6.07, 6.45) is 4.18. The Morgan fingerprint density at radius 2 is 1.96 bits per heavy atom. The third-order valence-corrected chi connectivity index (χ3v) is 5.32. The molecule has 1 unspecified atom stereocenters. The van der Waals surface area contributed by atoms with E-state index in [-0.39, 0.29) is 18.4 Å². The van der Waals surface area contributed by atoms with Crippen molar-refractivity contribution < 1.29 is 14.3 Å². The van der Waals surface area contributed by atoms with Crippen LogP contribution in [0.2, 0.25) is 0 Å². The van der Waals surface area contributed by atoms with Gasteiger partial charge in [-0.1, -0.05) is 18.2 Å². The van der Waals surface area contributed by atoms with Crippen LogP contribution in [0, 0.1) is 0 Å². The fourth-order valence-electron chi connectivity index (χ4n) is 3.92. The molecule has 0 aliphatic carbocycles. The smallest absolute Gasteiger partial charge is 0.274 e. The van der Waals surface area contributed by atoms with Gasteiger partial charge >= 0.3 is 0 Å². The summed E-state index contributed by atoms with van der Waals surface area (Å²) < 4.78 is 7.67. The van der Waals surface area contributed by atoms with Crippen LogP contribution in [0.4, 0.5) is 5.69 Å². The van der Waals surface area contributed by atoms with E-state index in [2.05, 4.69) is 5.10 Å². The van der Waals surface area contributed by atoms with Crippen LogP contribution >= 0.6 is 0 Å². The molecular weight excluding hydrogens is 344 g/mol. The van der Waals surface area contributed by atoms with Crippen LogP contribution < -0.4 is 4.90 Å². The monoisotopic (exact) mass is 368 g/mol. The fourth-order valence-corrected chi connectivity index (χ4v) is 3.92. The van der Waals surface area contributed by atoms with E-state index in [9.17, 15) is 9.59 Å². The van der Waals surface area contributed by atoms with Gasteiger partial charge in [0.25, 0.3) is 11.8 Å². The van der Waals surface area contributed by atoms with Gasteiger partial charge in [0.1, 0.15) is 5.69 Å². The van der Waals surface area contributed by atoms with Crippen LogP contribution in [0.1, 0.15) is 29.8 Å². The third kappa shape index (κ3) is 3.35. The number of aromatic nitrogens is 2. The van der Waals surface area contributed by atoms with Crippen LogP contribution in [-0.2, 0) is 16.6 Å². The highest BCUT2D eigenvalue weighted by Crippen LogP contribution is 2.32. The van der Waals surface area contributed by atoms with Crippen molar-refractivity contribution in [2.75, 3.05) is 31.1 Å². The Bertz CT molecular complexity index is 835. The number of hydrogen-bond donors (Lipinski definition) is 0. The van der Waals surface area contributed by atoms with Crippen molar-refractivity contribution >= 4 is 17.5 Å². The molecule has 0 N–H and O–H groups in total. The molecule has 1 aromatic heterocycles. The molecule has 2 aromatic rings. The van der Waals surface area contributed by atoms with Crippen LogP contribution in [0.3, 0.4) is 0 Å². The number of benzene rings is 1. The summed E-state index contributed by atoms with van der Waals surface area (Å²) in [4.78, 5) is 29.8. The number of ether oxygens (including phenoxy) is 1. The minimum Gasteiger partial charge on any atom is -0.361 e. The molecule has 2 fully saturated rings. The Balaban J connectivity index is 1.60. The summed E-state index contributed by atoms with van der Waals surface area (Å²) in [6, 6.07) is 11.4. The van der Waals surface area contributed by atoms with Gasteiger partial charge in [0.05, 0.1) is 13.2 Å². The van der Waals surface area contributed by atoms with Gasteiger partial charge < -0.3 is 14.5 Å². The first kappa shape index (κ1) is 17.7. The maximum absolute atomic E-state index is 13.5. The minimum absolute atomic E-state index is 0.0512. The molecule has 4 rings (SSSR count). The SMILES string of the molecule is Cn1ccc(C(=O)N2CCOC3(CCCCN(c4ccccc4)C3=O)C2)n1. The van der Waals surface area contributed by atoms with E-state index < -0.39 is 5.60 Å². The van der Waals surface area contributed by atoms with Gasteiger partial charge in [-0.25, -0.2) is 0 Å². The zero-order valence-corrected chi connectivity index (χ0v) is 15.5. The third-order valence-electron chi connectivity index (χ3n) is 5.32. The second-order valence-corrected chi connectivity index (χ2v) is 7.19. The molecule has 1 aromatic carbocycles. The second-order valence-electron chi connectivity index (χ2n) is 7.19. The lowest BCUT2D eigenvalue weighted by molar-refractivity contribution is -0.155. The molecule has 1 atom stereocenters. The first-order valence-corrected chi connectivity index (χ1v) is 9.39. The Morgan fingerprint density at radius 1 is 1.15 bits per heavy atom. The number of carbonyl (C=O) groups is 2. The average molecular weight is 368 g/mol. The second kappa shape index (κ2) is 7.15. The van der Waals surface area contributed by atoms with Crippen LogP contribution in [0.25, 0.3) is 0 Å². The molecule has 0 bridgehead atoms. The molecule has 1 spiro atoms. The molecule has 142 valence electrons. The molecule has 2 aliphatic rings. The lowest BCUT2D eigenvalue weighted by atomic mass is 9.93. The number of amides is 2. The highest BCUT2D eigenvalue weighted by molar-refractivity contribution is 6.01. The molecule has 7 nitrogen and oxygen atoms in total. The number of rotatable bonds is 2. The lowest BCUT2D eigenvalue weighted by Crippen LogP contribution is -2.61. The normalized spacial score (nSPS) is 23.5. The predicted molar refractivity (Wildman–Crippen MR) is 100 cm³/mol. The summed E-state index contributed by atoms with van der Waals surface area (Å²) in [7, 11) is 1.78. The Hall–Kier alpha value is -2.67. The molecule has 3 heterocycles. The van der Waals surface area contributed by atoms with E-state index >= 15 is 0 Å². The molecule has 0 radical (unpaired) electrons. The Morgan fingerprint density at radius 3 is 2.70 bits per heavy atom. The molecule has 2 aliphatic heterocycles. The minimum atomic E-state index is -0.977. The van der Waals surface area contributed by atoms with E-state index in [0.29, 0.717) is 31.8 Å². The summed E-state index contributed by atoms with van der Waals surface area (Å²) in [5, 5.41) is 4.21.